The van der Waals surface area contributed by atoms with E-state index in [1.807, 2.05) is 43.1 Å². The Morgan fingerprint density at radius 3 is 2.52 bits per heavy atom. The number of aryl methyl sites for hydroxylation is 2. The molecule has 4 heterocycles. The minimum Gasteiger partial charge on any atom is -0.464 e. The summed E-state index contributed by atoms with van der Waals surface area (Å²) in [5.41, 5.74) is 3.45. The predicted molar refractivity (Wildman–Crippen MR) is 106 cm³/mol. The first kappa shape index (κ1) is 19.0. The molecule has 0 saturated carbocycles. The number of hydrogen-bond acceptors (Lipinski definition) is 5. The Morgan fingerprint density at radius 2 is 1.90 bits per heavy atom. The molecule has 0 saturated heterocycles. The summed E-state index contributed by atoms with van der Waals surface area (Å²) in [5.74, 6) is 0.344. The van der Waals surface area contributed by atoms with Crippen LogP contribution in [0.5, 0.6) is 5.95 Å². The lowest BCUT2D eigenvalue weighted by Gasteiger charge is -2.21. The molecule has 2 aliphatic rings. The van der Waals surface area contributed by atoms with E-state index in [1.165, 1.54) is 0 Å². The van der Waals surface area contributed by atoms with Crippen molar-refractivity contribution in [2.75, 3.05) is 32.8 Å². The van der Waals surface area contributed by atoms with Crippen molar-refractivity contribution in [1.82, 2.24) is 19.4 Å². The van der Waals surface area contributed by atoms with Crippen molar-refractivity contribution in [2.24, 2.45) is 7.05 Å². The van der Waals surface area contributed by atoms with E-state index in [0.29, 0.717) is 38.7 Å². The van der Waals surface area contributed by atoms with Crippen molar-refractivity contribution >= 4 is 17.9 Å². The van der Waals surface area contributed by atoms with Crippen LogP contribution in [0.2, 0.25) is 0 Å². The first-order valence-electron chi connectivity index (χ1n) is 9.62. The van der Waals surface area contributed by atoms with Gasteiger partial charge in [-0.05, 0) is 35.8 Å². The highest BCUT2D eigenvalue weighted by atomic mass is 16.6. The number of aromatic nitrogens is 2. The molecule has 0 N–H and O–H groups in total. The van der Waals surface area contributed by atoms with Crippen molar-refractivity contribution < 1.29 is 18.7 Å². The van der Waals surface area contributed by atoms with Crippen LogP contribution < -0.4 is 4.74 Å². The molecular weight excluding hydrogens is 372 g/mol. The highest BCUT2D eigenvalue weighted by Crippen LogP contribution is 2.29. The van der Waals surface area contributed by atoms with Crippen LogP contribution >= 0.6 is 0 Å². The van der Waals surface area contributed by atoms with Crippen LogP contribution in [0.1, 0.15) is 28.9 Å². The van der Waals surface area contributed by atoms with Gasteiger partial charge < -0.3 is 23.5 Å². The minimum atomic E-state index is -0.207. The average Bonchev–Trinajstić information content (AvgIpc) is 3.43. The number of nitrogens with zero attached hydrogens (tertiary/aromatic N) is 4. The molecule has 8 nitrogen and oxygen atoms in total. The maximum absolute atomic E-state index is 12.9. The van der Waals surface area contributed by atoms with Gasteiger partial charge in [0.1, 0.15) is 0 Å². The van der Waals surface area contributed by atoms with Gasteiger partial charge in [0.2, 0.25) is 11.6 Å². The summed E-state index contributed by atoms with van der Waals surface area (Å²) in [4.78, 5) is 33.1. The second kappa shape index (κ2) is 7.62. The molecule has 0 aromatic carbocycles. The summed E-state index contributed by atoms with van der Waals surface area (Å²) in [7, 11) is 1.94. The number of amides is 2. The third kappa shape index (κ3) is 3.83. The number of carbonyl (C=O) groups excluding carboxylic acids is 2. The molecule has 2 amide bonds. The van der Waals surface area contributed by atoms with Crippen LogP contribution in [0, 0.1) is 6.92 Å². The monoisotopic (exact) mass is 396 g/mol. The lowest BCUT2D eigenvalue weighted by Crippen LogP contribution is -2.36. The highest BCUT2D eigenvalue weighted by molar-refractivity contribution is 5.95. The maximum atomic E-state index is 12.9. The van der Waals surface area contributed by atoms with E-state index >= 15 is 0 Å². The summed E-state index contributed by atoms with van der Waals surface area (Å²) in [6.45, 7) is 6.01. The summed E-state index contributed by atoms with van der Waals surface area (Å²) < 4.78 is 12.7. The van der Waals surface area contributed by atoms with Gasteiger partial charge in [-0.25, -0.2) is 4.98 Å². The Labute approximate surface area is 169 Å². The smallest absolute Gasteiger partial charge is 0.318 e. The zero-order valence-corrected chi connectivity index (χ0v) is 16.8. The van der Waals surface area contributed by atoms with Crippen molar-refractivity contribution in [2.45, 2.75) is 13.8 Å². The quantitative estimate of drug-likeness (QED) is 0.571. The molecule has 2 aromatic rings. The Balaban J connectivity index is 1.36. The number of ether oxygens (including phenoxy) is 1. The molecule has 8 heteroatoms. The SMILES string of the molecule is CCOc1oc(C)nc1C(=O)N1CC2=C(CN(C(=O)/C=C/c3ccn(C)c3)C2)C1. The zero-order chi connectivity index (χ0) is 20.5. The third-order valence-corrected chi connectivity index (χ3v) is 5.08. The molecule has 0 fully saturated rings. The second-order valence-electron chi connectivity index (χ2n) is 7.31. The lowest BCUT2D eigenvalue weighted by molar-refractivity contribution is -0.124. The van der Waals surface area contributed by atoms with Crippen LogP contribution in [0.25, 0.3) is 6.08 Å². The molecule has 2 aromatic heterocycles. The van der Waals surface area contributed by atoms with E-state index in [1.54, 1.807) is 22.8 Å². The highest BCUT2D eigenvalue weighted by Gasteiger charge is 2.35. The maximum Gasteiger partial charge on any atom is 0.318 e. The largest absolute Gasteiger partial charge is 0.464 e. The Morgan fingerprint density at radius 1 is 1.21 bits per heavy atom. The minimum absolute atomic E-state index is 0.0214. The van der Waals surface area contributed by atoms with Gasteiger partial charge in [0.05, 0.1) is 6.61 Å². The van der Waals surface area contributed by atoms with Crippen molar-refractivity contribution in [1.29, 1.82) is 0 Å². The van der Waals surface area contributed by atoms with Crippen LogP contribution in [0.3, 0.4) is 0 Å². The molecule has 2 aliphatic heterocycles. The van der Waals surface area contributed by atoms with E-state index in [-0.39, 0.29) is 23.5 Å². The summed E-state index contributed by atoms with van der Waals surface area (Å²) in [5, 5.41) is 0. The molecule has 0 bridgehead atoms. The molecule has 0 unspecified atom stereocenters. The van der Waals surface area contributed by atoms with Crippen LogP contribution in [-0.4, -0.2) is 64.0 Å². The molecule has 4 rings (SSSR count). The van der Waals surface area contributed by atoms with Gasteiger partial charge in [-0.2, -0.15) is 0 Å². The average molecular weight is 396 g/mol. The fourth-order valence-corrected chi connectivity index (χ4v) is 3.70. The fraction of sp³-hybridized carbons (Fsp3) is 0.381. The molecule has 29 heavy (non-hydrogen) atoms. The molecule has 0 aliphatic carbocycles. The van der Waals surface area contributed by atoms with Gasteiger partial charge in [0.15, 0.2) is 5.89 Å². The Kier molecular flexibility index (Phi) is 5.00. The first-order chi connectivity index (χ1) is 13.9. The third-order valence-electron chi connectivity index (χ3n) is 5.08. The molecular formula is C21H24N4O4. The van der Waals surface area contributed by atoms with E-state index < -0.39 is 0 Å². The van der Waals surface area contributed by atoms with Gasteiger partial charge >= 0.3 is 5.95 Å². The first-order valence-corrected chi connectivity index (χ1v) is 9.62. The molecule has 0 atom stereocenters. The van der Waals surface area contributed by atoms with Gasteiger partial charge in [0.25, 0.3) is 5.91 Å². The van der Waals surface area contributed by atoms with Gasteiger partial charge in [-0.1, -0.05) is 0 Å². The van der Waals surface area contributed by atoms with E-state index in [9.17, 15) is 9.59 Å². The van der Waals surface area contributed by atoms with Crippen molar-refractivity contribution in [3.8, 4) is 5.95 Å². The van der Waals surface area contributed by atoms with Gasteiger partial charge in [0, 0.05) is 58.6 Å². The number of oxazole rings is 1. The van der Waals surface area contributed by atoms with Gasteiger partial charge in [-0.15, -0.1) is 0 Å². The predicted octanol–water partition coefficient (Wildman–Crippen LogP) is 2.03. The van der Waals surface area contributed by atoms with Crippen LogP contribution in [-0.2, 0) is 11.8 Å². The van der Waals surface area contributed by atoms with E-state index in [4.69, 9.17) is 9.15 Å². The molecule has 0 spiro atoms. The summed E-state index contributed by atoms with van der Waals surface area (Å²) in [6.07, 6.45) is 7.32. The zero-order valence-electron chi connectivity index (χ0n) is 16.8. The molecule has 152 valence electrons. The number of carbonyl (C=O) groups is 2. The fourth-order valence-electron chi connectivity index (χ4n) is 3.70. The number of rotatable bonds is 5. The van der Waals surface area contributed by atoms with Crippen LogP contribution in [0.4, 0.5) is 0 Å². The number of hydrogen-bond donors (Lipinski definition) is 0. The normalized spacial score (nSPS) is 16.2. The summed E-state index contributed by atoms with van der Waals surface area (Å²) >= 11 is 0. The topological polar surface area (TPSA) is 80.8 Å². The van der Waals surface area contributed by atoms with E-state index in [0.717, 1.165) is 16.7 Å². The van der Waals surface area contributed by atoms with Crippen LogP contribution in [0.15, 0.2) is 40.1 Å². The molecule has 0 radical (unpaired) electrons. The lowest BCUT2D eigenvalue weighted by atomic mass is 10.2. The van der Waals surface area contributed by atoms with Crippen molar-refractivity contribution in [3.63, 3.8) is 0 Å². The van der Waals surface area contributed by atoms with Gasteiger partial charge in [-0.3, -0.25) is 9.59 Å². The van der Waals surface area contributed by atoms with E-state index in [2.05, 4.69) is 4.98 Å². The summed E-state index contributed by atoms with van der Waals surface area (Å²) in [6, 6.07) is 1.96. The Bertz CT molecular complexity index is 996. The second-order valence-corrected chi connectivity index (χ2v) is 7.31. The standard InChI is InChI=1S/C21H24N4O4/c1-4-28-21-19(22-14(2)29-21)20(27)25-12-16-10-24(11-17(16)13-25)18(26)6-5-15-7-8-23(3)9-15/h5-9H,4,10-13H2,1-3H3/b6-5+. The van der Waals surface area contributed by atoms with Crippen molar-refractivity contribution in [3.05, 3.63) is 52.8 Å². The Hall–Kier alpha value is -3.29.